The molecule has 0 radical (unpaired) electrons. The van der Waals surface area contributed by atoms with Gasteiger partial charge in [0.15, 0.2) is 0 Å². The lowest BCUT2D eigenvalue weighted by Gasteiger charge is -2.30. The molecule has 2 fully saturated rings. The fourth-order valence-corrected chi connectivity index (χ4v) is 3.08. The van der Waals surface area contributed by atoms with Gasteiger partial charge in [0.1, 0.15) is 5.60 Å². The van der Waals surface area contributed by atoms with Crippen LogP contribution in [0, 0.1) is 0 Å². The van der Waals surface area contributed by atoms with Crippen molar-refractivity contribution in [2.75, 3.05) is 37.7 Å². The summed E-state index contributed by atoms with van der Waals surface area (Å²) in [4.78, 5) is 25.5. The zero-order valence-electron chi connectivity index (χ0n) is 14.7. The zero-order valence-corrected chi connectivity index (χ0v) is 14.7. The number of morpholine rings is 1. The molecular weight excluding hydrogens is 308 g/mol. The third-order valence-electron chi connectivity index (χ3n) is 4.18. The van der Waals surface area contributed by atoms with Gasteiger partial charge in [-0.2, -0.15) is 0 Å². The van der Waals surface area contributed by atoms with Gasteiger partial charge in [-0.25, -0.2) is 14.8 Å². The second-order valence-electron chi connectivity index (χ2n) is 7.21. The molecule has 1 aromatic rings. The van der Waals surface area contributed by atoms with Crippen LogP contribution in [0.25, 0.3) is 0 Å². The number of likely N-dealkylation sites (tertiary alicyclic amines) is 1. The molecule has 7 heteroatoms. The van der Waals surface area contributed by atoms with E-state index in [1.165, 1.54) is 0 Å². The average molecular weight is 334 g/mol. The van der Waals surface area contributed by atoms with Crippen molar-refractivity contribution < 1.29 is 14.3 Å². The number of ether oxygens (including phenoxy) is 2. The first-order valence-corrected chi connectivity index (χ1v) is 8.59. The fourth-order valence-electron chi connectivity index (χ4n) is 3.08. The Balaban J connectivity index is 1.76. The SMILES string of the molecule is CC(C)(C)OC(=O)N1CCC[C@@H]1c1ccnc(N2CCOCC2)n1. The third-order valence-corrected chi connectivity index (χ3v) is 4.18. The number of nitrogens with zero attached hydrogens (tertiary/aromatic N) is 4. The molecule has 2 aliphatic heterocycles. The van der Waals surface area contributed by atoms with Gasteiger partial charge in [-0.05, 0) is 39.7 Å². The predicted octanol–water partition coefficient (Wildman–Crippen LogP) is 2.39. The molecule has 2 saturated heterocycles. The highest BCUT2D eigenvalue weighted by atomic mass is 16.6. The van der Waals surface area contributed by atoms with Crippen molar-refractivity contribution in [3.05, 3.63) is 18.0 Å². The Hall–Kier alpha value is -1.89. The highest BCUT2D eigenvalue weighted by Crippen LogP contribution is 2.32. The molecule has 0 saturated carbocycles. The zero-order chi connectivity index (χ0) is 17.2. The van der Waals surface area contributed by atoms with Crippen LogP contribution in [0.1, 0.15) is 45.3 Å². The van der Waals surface area contributed by atoms with Gasteiger partial charge in [0.2, 0.25) is 5.95 Å². The molecule has 3 heterocycles. The number of hydrogen-bond donors (Lipinski definition) is 0. The van der Waals surface area contributed by atoms with E-state index >= 15 is 0 Å². The first kappa shape index (κ1) is 17.0. The largest absolute Gasteiger partial charge is 0.444 e. The summed E-state index contributed by atoms with van der Waals surface area (Å²) >= 11 is 0. The van der Waals surface area contributed by atoms with Crippen LogP contribution < -0.4 is 4.90 Å². The van der Waals surface area contributed by atoms with Crippen LogP contribution in [-0.4, -0.2) is 59.4 Å². The van der Waals surface area contributed by atoms with E-state index in [4.69, 9.17) is 14.5 Å². The predicted molar refractivity (Wildman–Crippen MR) is 90.0 cm³/mol. The van der Waals surface area contributed by atoms with Gasteiger partial charge < -0.3 is 14.4 Å². The number of anilines is 1. The van der Waals surface area contributed by atoms with Crippen LogP contribution in [0.2, 0.25) is 0 Å². The van der Waals surface area contributed by atoms with E-state index in [1.54, 1.807) is 11.1 Å². The molecule has 1 amide bonds. The smallest absolute Gasteiger partial charge is 0.410 e. The minimum Gasteiger partial charge on any atom is -0.444 e. The van der Waals surface area contributed by atoms with Crippen molar-refractivity contribution >= 4 is 12.0 Å². The molecular formula is C17H26N4O3. The number of carbonyl (C=O) groups is 1. The van der Waals surface area contributed by atoms with Crippen LogP contribution in [0.3, 0.4) is 0 Å². The summed E-state index contributed by atoms with van der Waals surface area (Å²) in [5.74, 6) is 0.715. The summed E-state index contributed by atoms with van der Waals surface area (Å²) < 4.78 is 10.9. The summed E-state index contributed by atoms with van der Waals surface area (Å²) in [5.41, 5.74) is 0.393. The lowest BCUT2D eigenvalue weighted by Crippen LogP contribution is -2.38. The summed E-state index contributed by atoms with van der Waals surface area (Å²) in [6.45, 7) is 9.35. The van der Waals surface area contributed by atoms with Crippen LogP contribution in [0.15, 0.2) is 12.3 Å². The van der Waals surface area contributed by atoms with Gasteiger partial charge >= 0.3 is 6.09 Å². The Kier molecular flexibility index (Phi) is 4.89. The lowest BCUT2D eigenvalue weighted by molar-refractivity contribution is 0.0221. The van der Waals surface area contributed by atoms with E-state index in [2.05, 4.69) is 9.88 Å². The maximum absolute atomic E-state index is 12.5. The van der Waals surface area contributed by atoms with Gasteiger partial charge in [-0.3, -0.25) is 4.90 Å². The van der Waals surface area contributed by atoms with Crippen molar-refractivity contribution in [3.63, 3.8) is 0 Å². The monoisotopic (exact) mass is 334 g/mol. The fraction of sp³-hybridized carbons (Fsp3) is 0.706. The van der Waals surface area contributed by atoms with Crippen LogP contribution in [0.5, 0.6) is 0 Å². The summed E-state index contributed by atoms with van der Waals surface area (Å²) in [6.07, 6.45) is 3.37. The molecule has 0 N–H and O–H groups in total. The maximum atomic E-state index is 12.5. The van der Waals surface area contributed by atoms with Gasteiger partial charge in [-0.15, -0.1) is 0 Å². The second-order valence-corrected chi connectivity index (χ2v) is 7.21. The van der Waals surface area contributed by atoms with Gasteiger partial charge in [0.05, 0.1) is 24.9 Å². The van der Waals surface area contributed by atoms with Crippen molar-refractivity contribution in [2.45, 2.75) is 45.3 Å². The molecule has 24 heavy (non-hydrogen) atoms. The van der Waals surface area contributed by atoms with E-state index in [-0.39, 0.29) is 12.1 Å². The molecule has 0 aromatic carbocycles. The van der Waals surface area contributed by atoms with Gasteiger partial charge in [0, 0.05) is 25.8 Å². The van der Waals surface area contributed by atoms with Gasteiger partial charge in [0.25, 0.3) is 0 Å². The molecule has 2 aliphatic rings. The molecule has 132 valence electrons. The quantitative estimate of drug-likeness (QED) is 0.827. The Morgan fingerprint density at radius 3 is 2.75 bits per heavy atom. The van der Waals surface area contributed by atoms with E-state index < -0.39 is 5.60 Å². The van der Waals surface area contributed by atoms with Crippen molar-refractivity contribution in [1.29, 1.82) is 0 Å². The van der Waals surface area contributed by atoms with Gasteiger partial charge in [-0.1, -0.05) is 0 Å². The van der Waals surface area contributed by atoms with Crippen LogP contribution in [-0.2, 0) is 9.47 Å². The average Bonchev–Trinajstić information content (AvgIpc) is 3.04. The highest BCUT2D eigenvalue weighted by molar-refractivity contribution is 5.69. The van der Waals surface area contributed by atoms with E-state index in [0.717, 1.165) is 31.6 Å². The van der Waals surface area contributed by atoms with Crippen molar-refractivity contribution in [2.24, 2.45) is 0 Å². The highest BCUT2D eigenvalue weighted by Gasteiger charge is 2.34. The Bertz CT molecular complexity index is 581. The number of rotatable bonds is 2. The molecule has 3 rings (SSSR count). The van der Waals surface area contributed by atoms with E-state index in [9.17, 15) is 4.79 Å². The Morgan fingerprint density at radius 1 is 1.29 bits per heavy atom. The summed E-state index contributed by atoms with van der Waals surface area (Å²) in [7, 11) is 0. The van der Waals surface area contributed by atoms with Crippen LogP contribution in [0.4, 0.5) is 10.7 Å². The van der Waals surface area contributed by atoms with Crippen LogP contribution >= 0.6 is 0 Å². The van der Waals surface area contributed by atoms with E-state index in [1.807, 2.05) is 26.8 Å². The number of aromatic nitrogens is 2. The minimum absolute atomic E-state index is 0.0392. The van der Waals surface area contributed by atoms with E-state index in [0.29, 0.717) is 25.7 Å². The lowest BCUT2D eigenvalue weighted by atomic mass is 10.1. The topological polar surface area (TPSA) is 67.8 Å². The summed E-state index contributed by atoms with van der Waals surface area (Å²) in [5, 5.41) is 0. The number of amides is 1. The molecule has 0 bridgehead atoms. The maximum Gasteiger partial charge on any atom is 0.410 e. The molecule has 0 aliphatic carbocycles. The number of hydrogen-bond acceptors (Lipinski definition) is 6. The molecule has 1 aromatic heterocycles. The first-order chi connectivity index (χ1) is 11.4. The second kappa shape index (κ2) is 6.93. The summed E-state index contributed by atoms with van der Waals surface area (Å²) in [6, 6.07) is 1.86. The molecule has 0 spiro atoms. The third kappa shape index (κ3) is 3.95. The number of carbonyl (C=O) groups excluding carboxylic acids is 1. The first-order valence-electron chi connectivity index (χ1n) is 8.59. The Morgan fingerprint density at radius 2 is 2.04 bits per heavy atom. The standard InChI is InChI=1S/C17H26N4O3/c1-17(2,3)24-16(22)21-8-4-5-14(21)13-6-7-18-15(19-13)20-9-11-23-12-10-20/h6-7,14H,4-5,8-12H2,1-3H3/t14-/m1/s1. The Labute approximate surface area is 143 Å². The molecule has 0 unspecified atom stereocenters. The molecule has 1 atom stereocenters. The van der Waals surface area contributed by atoms with Crippen molar-refractivity contribution in [1.82, 2.24) is 14.9 Å². The minimum atomic E-state index is -0.491. The molecule has 7 nitrogen and oxygen atoms in total. The normalized spacial score (nSPS) is 21.9. The van der Waals surface area contributed by atoms with Crippen molar-refractivity contribution in [3.8, 4) is 0 Å².